The van der Waals surface area contributed by atoms with Gasteiger partial charge < -0.3 is 15.6 Å². The molecule has 0 aliphatic carbocycles. The SMILES string of the molecule is NCCC1CCCCN1c1nc2ccccc2[nH]1. The van der Waals surface area contributed by atoms with Gasteiger partial charge in [-0.3, -0.25) is 0 Å². The highest BCUT2D eigenvalue weighted by atomic mass is 15.3. The monoisotopic (exact) mass is 244 g/mol. The third-order valence-corrected chi connectivity index (χ3v) is 3.78. The van der Waals surface area contributed by atoms with E-state index >= 15 is 0 Å². The first-order valence-corrected chi connectivity index (χ1v) is 6.80. The van der Waals surface area contributed by atoms with Crippen molar-refractivity contribution in [3.8, 4) is 0 Å². The minimum absolute atomic E-state index is 0.546. The highest BCUT2D eigenvalue weighted by Crippen LogP contribution is 2.25. The van der Waals surface area contributed by atoms with Crippen molar-refractivity contribution in [2.24, 2.45) is 5.73 Å². The number of rotatable bonds is 3. The Balaban J connectivity index is 1.91. The fourth-order valence-electron chi connectivity index (χ4n) is 2.85. The molecule has 0 saturated carbocycles. The number of H-pyrrole nitrogens is 1. The van der Waals surface area contributed by atoms with Gasteiger partial charge in [-0.15, -0.1) is 0 Å². The van der Waals surface area contributed by atoms with E-state index in [1.54, 1.807) is 0 Å². The van der Waals surface area contributed by atoms with E-state index in [0.29, 0.717) is 6.04 Å². The number of aromatic amines is 1. The number of anilines is 1. The number of benzene rings is 1. The molecule has 0 bridgehead atoms. The molecular weight excluding hydrogens is 224 g/mol. The number of hydrogen-bond donors (Lipinski definition) is 2. The molecule has 2 aromatic rings. The highest BCUT2D eigenvalue weighted by Gasteiger charge is 2.24. The van der Waals surface area contributed by atoms with E-state index in [4.69, 9.17) is 10.7 Å². The third kappa shape index (κ3) is 2.08. The minimum Gasteiger partial charge on any atom is -0.339 e. The summed E-state index contributed by atoms with van der Waals surface area (Å²) in [6, 6.07) is 8.74. The van der Waals surface area contributed by atoms with Crippen LogP contribution in [0.15, 0.2) is 24.3 Å². The third-order valence-electron chi connectivity index (χ3n) is 3.78. The fourth-order valence-corrected chi connectivity index (χ4v) is 2.85. The zero-order chi connectivity index (χ0) is 12.4. The van der Waals surface area contributed by atoms with Gasteiger partial charge in [0.05, 0.1) is 11.0 Å². The average Bonchev–Trinajstić information content (AvgIpc) is 2.83. The smallest absolute Gasteiger partial charge is 0.204 e. The molecular formula is C14H20N4. The number of nitrogens with one attached hydrogen (secondary N) is 1. The summed E-state index contributed by atoms with van der Waals surface area (Å²) < 4.78 is 0. The molecule has 4 nitrogen and oxygen atoms in total. The number of aromatic nitrogens is 2. The summed E-state index contributed by atoms with van der Waals surface area (Å²) in [6.45, 7) is 1.84. The Morgan fingerprint density at radius 3 is 3.06 bits per heavy atom. The zero-order valence-corrected chi connectivity index (χ0v) is 10.6. The van der Waals surface area contributed by atoms with E-state index in [1.165, 1.54) is 19.3 Å². The average molecular weight is 244 g/mol. The molecule has 1 saturated heterocycles. The largest absolute Gasteiger partial charge is 0.339 e. The fraction of sp³-hybridized carbons (Fsp3) is 0.500. The van der Waals surface area contributed by atoms with Gasteiger partial charge >= 0.3 is 0 Å². The molecule has 0 radical (unpaired) electrons. The number of piperidine rings is 1. The van der Waals surface area contributed by atoms with Gasteiger partial charge in [-0.2, -0.15) is 0 Å². The van der Waals surface area contributed by atoms with E-state index in [9.17, 15) is 0 Å². The lowest BCUT2D eigenvalue weighted by molar-refractivity contribution is 0.436. The van der Waals surface area contributed by atoms with Crippen LogP contribution in [-0.2, 0) is 0 Å². The molecule has 0 spiro atoms. The van der Waals surface area contributed by atoms with Crippen molar-refractivity contribution < 1.29 is 0 Å². The topological polar surface area (TPSA) is 57.9 Å². The van der Waals surface area contributed by atoms with Crippen molar-refractivity contribution in [3.05, 3.63) is 24.3 Å². The van der Waals surface area contributed by atoms with Crippen LogP contribution >= 0.6 is 0 Å². The van der Waals surface area contributed by atoms with Crippen molar-refractivity contribution >= 4 is 17.0 Å². The van der Waals surface area contributed by atoms with Crippen LogP contribution in [0.3, 0.4) is 0 Å². The highest BCUT2D eigenvalue weighted by molar-refractivity contribution is 5.77. The number of nitrogens with two attached hydrogens (primary N) is 1. The predicted octanol–water partition coefficient (Wildman–Crippen LogP) is 2.27. The van der Waals surface area contributed by atoms with Crippen molar-refractivity contribution in [2.75, 3.05) is 18.0 Å². The molecule has 0 amide bonds. The molecule has 1 unspecified atom stereocenters. The maximum atomic E-state index is 5.72. The molecule has 2 heterocycles. The summed E-state index contributed by atoms with van der Waals surface area (Å²) >= 11 is 0. The standard InChI is InChI=1S/C14H20N4/c15-9-8-11-5-3-4-10-18(11)14-16-12-6-1-2-7-13(12)17-14/h1-2,6-7,11H,3-5,8-10,15H2,(H,16,17). The van der Waals surface area contributed by atoms with E-state index in [1.807, 2.05) is 12.1 Å². The molecule has 1 aliphatic rings. The number of imidazole rings is 1. The van der Waals surface area contributed by atoms with Crippen LogP contribution < -0.4 is 10.6 Å². The van der Waals surface area contributed by atoms with Crippen LogP contribution in [0.1, 0.15) is 25.7 Å². The van der Waals surface area contributed by atoms with Gasteiger partial charge in [0.1, 0.15) is 0 Å². The van der Waals surface area contributed by atoms with Gasteiger partial charge in [-0.1, -0.05) is 12.1 Å². The Bertz CT molecular complexity index is 484. The predicted molar refractivity (Wildman–Crippen MR) is 74.8 cm³/mol. The Labute approximate surface area is 107 Å². The van der Waals surface area contributed by atoms with E-state index in [2.05, 4.69) is 22.0 Å². The maximum absolute atomic E-state index is 5.72. The number of hydrogen-bond acceptors (Lipinski definition) is 3. The van der Waals surface area contributed by atoms with Gasteiger partial charge in [-0.25, -0.2) is 4.98 Å². The normalized spacial score (nSPS) is 20.5. The zero-order valence-electron chi connectivity index (χ0n) is 10.6. The Morgan fingerprint density at radius 2 is 2.22 bits per heavy atom. The molecule has 4 heteroatoms. The molecule has 1 aromatic heterocycles. The van der Waals surface area contributed by atoms with Gasteiger partial charge in [0, 0.05) is 12.6 Å². The quantitative estimate of drug-likeness (QED) is 0.870. The molecule has 96 valence electrons. The van der Waals surface area contributed by atoms with Crippen molar-refractivity contribution in [1.82, 2.24) is 9.97 Å². The Morgan fingerprint density at radius 1 is 1.33 bits per heavy atom. The lowest BCUT2D eigenvalue weighted by Crippen LogP contribution is -2.41. The first-order valence-electron chi connectivity index (χ1n) is 6.80. The first-order chi connectivity index (χ1) is 8.88. The maximum Gasteiger partial charge on any atom is 0.204 e. The number of nitrogens with zero attached hydrogens (tertiary/aromatic N) is 2. The summed E-state index contributed by atoms with van der Waals surface area (Å²) in [4.78, 5) is 10.5. The van der Waals surface area contributed by atoms with Crippen LogP contribution in [0, 0.1) is 0 Å². The summed E-state index contributed by atoms with van der Waals surface area (Å²) in [7, 11) is 0. The van der Waals surface area contributed by atoms with E-state index < -0.39 is 0 Å². The number of fused-ring (bicyclic) bond motifs is 1. The van der Waals surface area contributed by atoms with Crippen LogP contribution in [0.25, 0.3) is 11.0 Å². The second-order valence-electron chi connectivity index (χ2n) is 5.00. The summed E-state index contributed by atoms with van der Waals surface area (Å²) in [5.41, 5.74) is 7.88. The van der Waals surface area contributed by atoms with Gasteiger partial charge in [0.2, 0.25) is 5.95 Å². The summed E-state index contributed by atoms with van der Waals surface area (Å²) in [6.07, 6.45) is 4.84. The summed E-state index contributed by atoms with van der Waals surface area (Å²) in [5, 5.41) is 0. The summed E-state index contributed by atoms with van der Waals surface area (Å²) in [5.74, 6) is 1.01. The molecule has 18 heavy (non-hydrogen) atoms. The van der Waals surface area contributed by atoms with E-state index in [0.717, 1.165) is 36.5 Å². The number of para-hydroxylation sites is 2. The molecule has 1 atom stereocenters. The van der Waals surface area contributed by atoms with Crippen LogP contribution in [0.4, 0.5) is 5.95 Å². The lowest BCUT2D eigenvalue weighted by Gasteiger charge is -2.35. The van der Waals surface area contributed by atoms with Gasteiger partial charge in [0.15, 0.2) is 0 Å². The first kappa shape index (κ1) is 11.5. The van der Waals surface area contributed by atoms with Gasteiger partial charge in [0.25, 0.3) is 0 Å². The van der Waals surface area contributed by atoms with Crippen LogP contribution in [-0.4, -0.2) is 29.1 Å². The second kappa shape index (κ2) is 4.98. The van der Waals surface area contributed by atoms with Crippen molar-refractivity contribution in [2.45, 2.75) is 31.7 Å². The second-order valence-corrected chi connectivity index (χ2v) is 5.00. The lowest BCUT2D eigenvalue weighted by atomic mass is 10.00. The van der Waals surface area contributed by atoms with Crippen LogP contribution in [0.5, 0.6) is 0 Å². The van der Waals surface area contributed by atoms with Gasteiger partial charge in [-0.05, 0) is 44.4 Å². The van der Waals surface area contributed by atoms with Crippen molar-refractivity contribution in [1.29, 1.82) is 0 Å². The molecule has 3 rings (SSSR count). The minimum atomic E-state index is 0.546. The molecule has 1 aliphatic heterocycles. The Kier molecular flexibility index (Phi) is 3.19. The molecule has 1 fully saturated rings. The van der Waals surface area contributed by atoms with E-state index in [-0.39, 0.29) is 0 Å². The van der Waals surface area contributed by atoms with Crippen molar-refractivity contribution in [3.63, 3.8) is 0 Å². The van der Waals surface area contributed by atoms with Crippen LogP contribution in [0.2, 0.25) is 0 Å². The Hall–Kier alpha value is -1.55. The molecule has 3 N–H and O–H groups in total. The molecule has 1 aromatic carbocycles.